The number of urea groups is 1. The maximum Gasteiger partial charge on any atom is 0.326 e. The fourth-order valence-corrected chi connectivity index (χ4v) is 1.68. The van der Waals surface area contributed by atoms with Crippen LogP contribution in [0.3, 0.4) is 0 Å². The van der Waals surface area contributed by atoms with Crippen LogP contribution in [0.25, 0.3) is 0 Å². The monoisotopic (exact) mass is 276 g/mol. The summed E-state index contributed by atoms with van der Waals surface area (Å²) in [5, 5.41) is 11.4. The standard InChI is InChI=1S/C9H13BrN2O3/c1-6(10)5-11-9(15)12-4-2-3-7(12)8(13)14/h7H,1-5H2,(H,11,15)(H,13,14)/t7-/m0/s1. The molecule has 0 spiro atoms. The predicted molar refractivity (Wildman–Crippen MR) is 58.8 cm³/mol. The van der Waals surface area contributed by atoms with Crippen LogP contribution in [0, 0.1) is 0 Å². The van der Waals surface area contributed by atoms with Crippen LogP contribution in [-0.2, 0) is 4.79 Å². The third kappa shape index (κ3) is 3.23. The Morgan fingerprint density at radius 3 is 2.80 bits per heavy atom. The zero-order chi connectivity index (χ0) is 11.4. The van der Waals surface area contributed by atoms with Crippen LogP contribution >= 0.6 is 15.9 Å². The molecule has 0 aliphatic carbocycles. The minimum Gasteiger partial charge on any atom is -0.480 e. The molecule has 0 aromatic heterocycles. The molecular weight excluding hydrogens is 264 g/mol. The number of carboxylic acids is 1. The highest BCUT2D eigenvalue weighted by Gasteiger charge is 2.33. The molecule has 1 rings (SSSR count). The number of carboxylic acid groups (broad SMARTS) is 1. The maximum absolute atomic E-state index is 11.6. The Morgan fingerprint density at radius 1 is 1.60 bits per heavy atom. The molecule has 0 saturated carbocycles. The predicted octanol–water partition coefficient (Wildman–Crippen LogP) is 1.15. The SMILES string of the molecule is C=C(Br)CNC(=O)N1CCC[C@H]1C(=O)O. The summed E-state index contributed by atoms with van der Waals surface area (Å²) in [6.45, 7) is 4.38. The summed E-state index contributed by atoms with van der Waals surface area (Å²) in [6.07, 6.45) is 1.26. The van der Waals surface area contributed by atoms with Gasteiger partial charge in [-0.05, 0) is 12.8 Å². The molecule has 0 aromatic carbocycles. The van der Waals surface area contributed by atoms with Gasteiger partial charge in [0.2, 0.25) is 0 Å². The topological polar surface area (TPSA) is 69.6 Å². The quantitative estimate of drug-likeness (QED) is 0.813. The van der Waals surface area contributed by atoms with Gasteiger partial charge in [0.1, 0.15) is 6.04 Å². The van der Waals surface area contributed by atoms with Gasteiger partial charge in [0.05, 0.1) is 6.54 Å². The summed E-state index contributed by atoms with van der Waals surface area (Å²) in [4.78, 5) is 23.7. The molecule has 0 radical (unpaired) electrons. The normalized spacial score (nSPS) is 20.1. The number of hydrogen-bond acceptors (Lipinski definition) is 2. The molecule has 1 heterocycles. The molecule has 1 aliphatic heterocycles. The number of nitrogens with one attached hydrogen (secondary N) is 1. The van der Waals surface area contributed by atoms with Crippen molar-refractivity contribution in [2.45, 2.75) is 18.9 Å². The van der Waals surface area contributed by atoms with Crippen molar-refractivity contribution in [2.24, 2.45) is 0 Å². The second kappa shape index (κ2) is 5.16. The Balaban J connectivity index is 2.51. The van der Waals surface area contributed by atoms with E-state index in [2.05, 4.69) is 27.8 Å². The molecule has 6 heteroatoms. The Hall–Kier alpha value is -1.04. The van der Waals surface area contributed by atoms with Crippen LogP contribution in [-0.4, -0.2) is 41.1 Å². The van der Waals surface area contributed by atoms with Gasteiger partial charge in [-0.1, -0.05) is 22.5 Å². The van der Waals surface area contributed by atoms with Crippen molar-refractivity contribution < 1.29 is 14.7 Å². The van der Waals surface area contributed by atoms with E-state index in [1.165, 1.54) is 4.90 Å². The minimum absolute atomic E-state index is 0.307. The number of likely N-dealkylation sites (tertiary alicyclic amines) is 1. The largest absolute Gasteiger partial charge is 0.480 e. The highest BCUT2D eigenvalue weighted by Crippen LogP contribution is 2.17. The van der Waals surface area contributed by atoms with E-state index in [1.54, 1.807) is 0 Å². The second-order valence-electron chi connectivity index (χ2n) is 3.37. The van der Waals surface area contributed by atoms with Crippen LogP contribution in [0.1, 0.15) is 12.8 Å². The molecule has 84 valence electrons. The fourth-order valence-electron chi connectivity index (χ4n) is 1.54. The molecule has 2 amide bonds. The number of carbonyl (C=O) groups excluding carboxylic acids is 1. The number of halogens is 1. The molecule has 1 aliphatic rings. The first-order valence-electron chi connectivity index (χ1n) is 4.63. The number of hydrogen-bond donors (Lipinski definition) is 2. The molecule has 0 bridgehead atoms. The van der Waals surface area contributed by atoms with Gasteiger partial charge in [0.25, 0.3) is 0 Å². The third-order valence-electron chi connectivity index (χ3n) is 2.23. The van der Waals surface area contributed by atoms with Crippen molar-refractivity contribution in [2.75, 3.05) is 13.1 Å². The molecule has 5 nitrogen and oxygen atoms in total. The molecular formula is C9H13BrN2O3. The fraction of sp³-hybridized carbons (Fsp3) is 0.556. The van der Waals surface area contributed by atoms with E-state index in [9.17, 15) is 9.59 Å². The average molecular weight is 277 g/mol. The molecule has 0 unspecified atom stereocenters. The van der Waals surface area contributed by atoms with Crippen molar-refractivity contribution in [3.05, 3.63) is 11.1 Å². The number of rotatable bonds is 3. The summed E-state index contributed by atoms with van der Waals surface area (Å²) in [5.74, 6) is -0.944. The van der Waals surface area contributed by atoms with Crippen LogP contribution < -0.4 is 5.32 Å². The Labute approximate surface area is 96.3 Å². The van der Waals surface area contributed by atoms with Crippen LogP contribution in [0.4, 0.5) is 4.79 Å². The number of carbonyl (C=O) groups is 2. The van der Waals surface area contributed by atoms with Crippen molar-refractivity contribution in [3.63, 3.8) is 0 Å². The van der Waals surface area contributed by atoms with E-state index < -0.39 is 12.0 Å². The molecule has 2 N–H and O–H groups in total. The van der Waals surface area contributed by atoms with Crippen LogP contribution in [0.5, 0.6) is 0 Å². The average Bonchev–Trinajstić information content (AvgIpc) is 2.62. The van der Waals surface area contributed by atoms with Crippen LogP contribution in [0.2, 0.25) is 0 Å². The number of amides is 2. The highest BCUT2D eigenvalue weighted by atomic mass is 79.9. The lowest BCUT2D eigenvalue weighted by atomic mass is 10.2. The lowest BCUT2D eigenvalue weighted by Gasteiger charge is -2.21. The zero-order valence-corrected chi connectivity index (χ0v) is 9.79. The Kier molecular flexibility index (Phi) is 4.14. The van der Waals surface area contributed by atoms with Gasteiger partial charge in [-0.3, -0.25) is 0 Å². The maximum atomic E-state index is 11.6. The summed E-state index contributed by atoms with van der Waals surface area (Å²) < 4.78 is 0.655. The lowest BCUT2D eigenvalue weighted by molar-refractivity contribution is -0.141. The minimum atomic E-state index is -0.944. The molecule has 15 heavy (non-hydrogen) atoms. The van der Waals surface area contributed by atoms with E-state index >= 15 is 0 Å². The first-order valence-corrected chi connectivity index (χ1v) is 5.42. The molecule has 1 saturated heterocycles. The Morgan fingerprint density at radius 2 is 2.27 bits per heavy atom. The van der Waals surface area contributed by atoms with Gasteiger partial charge in [-0.15, -0.1) is 0 Å². The molecule has 1 fully saturated rings. The number of aliphatic carboxylic acids is 1. The van der Waals surface area contributed by atoms with Crippen molar-refractivity contribution in [1.82, 2.24) is 10.2 Å². The third-order valence-corrected chi connectivity index (χ3v) is 2.51. The van der Waals surface area contributed by atoms with E-state index in [0.717, 1.165) is 6.42 Å². The molecule has 1 atom stereocenters. The first kappa shape index (κ1) is 12.0. The van der Waals surface area contributed by atoms with Crippen molar-refractivity contribution in [1.29, 1.82) is 0 Å². The van der Waals surface area contributed by atoms with Crippen LogP contribution in [0.15, 0.2) is 11.1 Å². The van der Waals surface area contributed by atoms with Gasteiger partial charge in [-0.25, -0.2) is 9.59 Å². The summed E-state index contributed by atoms with van der Waals surface area (Å²) >= 11 is 3.11. The van der Waals surface area contributed by atoms with Gasteiger partial charge >= 0.3 is 12.0 Å². The van der Waals surface area contributed by atoms with E-state index in [4.69, 9.17) is 5.11 Å². The van der Waals surface area contributed by atoms with Gasteiger partial charge in [0.15, 0.2) is 0 Å². The smallest absolute Gasteiger partial charge is 0.326 e. The van der Waals surface area contributed by atoms with Gasteiger partial charge in [0, 0.05) is 11.0 Å². The zero-order valence-electron chi connectivity index (χ0n) is 8.20. The molecule has 0 aromatic rings. The first-order chi connectivity index (χ1) is 7.02. The van der Waals surface area contributed by atoms with E-state index in [-0.39, 0.29) is 6.03 Å². The van der Waals surface area contributed by atoms with Gasteiger partial charge in [-0.2, -0.15) is 0 Å². The van der Waals surface area contributed by atoms with E-state index in [0.29, 0.717) is 24.0 Å². The van der Waals surface area contributed by atoms with Gasteiger partial charge < -0.3 is 15.3 Å². The van der Waals surface area contributed by atoms with Crippen molar-refractivity contribution >= 4 is 27.9 Å². The Bertz CT molecular complexity index is 293. The summed E-state index contributed by atoms with van der Waals surface area (Å²) in [6, 6.07) is -1.03. The summed E-state index contributed by atoms with van der Waals surface area (Å²) in [5.41, 5.74) is 0. The second-order valence-corrected chi connectivity index (χ2v) is 4.49. The summed E-state index contributed by atoms with van der Waals surface area (Å²) in [7, 11) is 0. The van der Waals surface area contributed by atoms with E-state index in [1.807, 2.05) is 0 Å². The number of nitrogens with zero attached hydrogens (tertiary/aromatic N) is 1. The highest BCUT2D eigenvalue weighted by molar-refractivity contribution is 9.11. The van der Waals surface area contributed by atoms with Crippen molar-refractivity contribution in [3.8, 4) is 0 Å². The lowest BCUT2D eigenvalue weighted by Crippen LogP contribution is -2.46.